The van der Waals surface area contributed by atoms with Gasteiger partial charge in [0, 0.05) is 11.1 Å². The van der Waals surface area contributed by atoms with Gasteiger partial charge in [-0.3, -0.25) is 4.79 Å². The Morgan fingerprint density at radius 1 is 1.15 bits per heavy atom. The van der Waals surface area contributed by atoms with Crippen LogP contribution in [0.25, 0.3) is 15.9 Å². The van der Waals surface area contributed by atoms with Crippen LogP contribution < -0.4 is 5.32 Å². The molecule has 1 amide bonds. The van der Waals surface area contributed by atoms with Gasteiger partial charge in [0.1, 0.15) is 9.71 Å². The van der Waals surface area contributed by atoms with E-state index >= 15 is 0 Å². The third-order valence-corrected chi connectivity index (χ3v) is 6.06. The highest BCUT2D eigenvalue weighted by Crippen LogP contribution is 2.36. The predicted molar refractivity (Wildman–Crippen MR) is 119 cm³/mol. The number of halogens is 4. The van der Waals surface area contributed by atoms with Gasteiger partial charge >= 0.3 is 12.1 Å². The Labute approximate surface area is 194 Å². The first-order valence-electron chi connectivity index (χ1n) is 9.52. The summed E-state index contributed by atoms with van der Waals surface area (Å²) in [7, 11) is 0. The summed E-state index contributed by atoms with van der Waals surface area (Å²) in [6.45, 7) is 1.15. The number of rotatable bonds is 5. The van der Waals surface area contributed by atoms with E-state index < -0.39 is 35.2 Å². The number of anilines is 1. The van der Waals surface area contributed by atoms with Crippen LogP contribution in [0.1, 0.15) is 20.9 Å². The molecule has 0 bridgehead atoms. The van der Waals surface area contributed by atoms with E-state index in [0.29, 0.717) is 6.07 Å². The van der Waals surface area contributed by atoms with E-state index in [1.165, 1.54) is 6.07 Å². The number of thiophene rings is 1. The molecule has 4 aromatic rings. The van der Waals surface area contributed by atoms with Crippen molar-refractivity contribution in [2.75, 3.05) is 11.9 Å². The Hall–Kier alpha value is -3.37. The van der Waals surface area contributed by atoms with Crippen molar-refractivity contribution in [2.24, 2.45) is 0 Å². The van der Waals surface area contributed by atoms with Crippen molar-refractivity contribution >= 4 is 50.7 Å². The molecule has 0 aliphatic rings. The third kappa shape index (κ3) is 4.86. The van der Waals surface area contributed by atoms with Crippen molar-refractivity contribution in [3.8, 4) is 5.69 Å². The van der Waals surface area contributed by atoms with Crippen LogP contribution in [-0.2, 0) is 15.7 Å². The Morgan fingerprint density at radius 2 is 1.88 bits per heavy atom. The highest BCUT2D eigenvalue weighted by atomic mass is 35.5. The van der Waals surface area contributed by atoms with Crippen molar-refractivity contribution in [2.45, 2.75) is 13.1 Å². The molecule has 0 saturated carbocycles. The zero-order valence-corrected chi connectivity index (χ0v) is 18.5. The summed E-state index contributed by atoms with van der Waals surface area (Å²) in [4.78, 5) is 25.6. The van der Waals surface area contributed by atoms with Crippen LogP contribution in [0.3, 0.4) is 0 Å². The average molecular weight is 494 g/mol. The van der Waals surface area contributed by atoms with Crippen LogP contribution in [0, 0.1) is 6.92 Å². The van der Waals surface area contributed by atoms with Gasteiger partial charge in [0.15, 0.2) is 6.61 Å². The first-order chi connectivity index (χ1) is 15.6. The smallest absolute Gasteiger partial charge is 0.417 e. The summed E-state index contributed by atoms with van der Waals surface area (Å²) >= 11 is 6.73. The van der Waals surface area contributed by atoms with Crippen molar-refractivity contribution in [1.82, 2.24) is 9.78 Å². The van der Waals surface area contributed by atoms with Crippen molar-refractivity contribution in [1.29, 1.82) is 0 Å². The lowest BCUT2D eigenvalue weighted by Crippen LogP contribution is -2.21. The molecule has 1 N–H and O–H groups in total. The summed E-state index contributed by atoms with van der Waals surface area (Å²) in [6, 6.07) is 14.0. The fourth-order valence-electron chi connectivity index (χ4n) is 3.11. The van der Waals surface area contributed by atoms with Crippen LogP contribution >= 0.6 is 22.9 Å². The number of aromatic nitrogens is 2. The van der Waals surface area contributed by atoms with Gasteiger partial charge in [-0.25, -0.2) is 9.48 Å². The molecule has 0 fully saturated rings. The number of alkyl halides is 3. The molecule has 0 atom stereocenters. The molecule has 0 unspecified atom stereocenters. The molecule has 33 heavy (non-hydrogen) atoms. The van der Waals surface area contributed by atoms with Gasteiger partial charge in [-0.1, -0.05) is 29.8 Å². The van der Waals surface area contributed by atoms with E-state index in [1.807, 2.05) is 37.3 Å². The summed E-state index contributed by atoms with van der Waals surface area (Å²) in [5, 5.41) is 7.05. The molecule has 2 aromatic carbocycles. The standard InChI is InChI=1S/C22H15ClF3N3O3S/c1-12-15-10-18(33-20(15)29(28-12)14-5-3-2-4-6-14)21(31)32-11-19(30)27-13-7-8-17(23)16(9-13)22(24,25)26/h2-10H,11H2,1H3,(H,27,30). The van der Waals surface area contributed by atoms with Gasteiger partial charge in [-0.15, -0.1) is 11.3 Å². The quantitative estimate of drug-likeness (QED) is 0.353. The molecule has 0 radical (unpaired) electrons. The fourth-order valence-corrected chi connectivity index (χ4v) is 4.41. The highest BCUT2D eigenvalue weighted by molar-refractivity contribution is 7.20. The van der Waals surface area contributed by atoms with Gasteiger partial charge in [0.2, 0.25) is 0 Å². The Kier molecular flexibility index (Phi) is 6.13. The molecule has 0 aliphatic carbocycles. The number of hydrogen-bond donors (Lipinski definition) is 1. The lowest BCUT2D eigenvalue weighted by atomic mass is 10.2. The van der Waals surface area contributed by atoms with Crippen LogP contribution in [0.5, 0.6) is 0 Å². The zero-order chi connectivity index (χ0) is 23.8. The number of carbonyl (C=O) groups excluding carboxylic acids is 2. The normalized spacial score (nSPS) is 11.5. The van der Waals surface area contributed by atoms with Crippen molar-refractivity contribution < 1.29 is 27.5 Å². The SMILES string of the molecule is Cc1nn(-c2ccccc2)c2sc(C(=O)OCC(=O)Nc3ccc(Cl)c(C(F)(F)F)c3)cc12. The fraction of sp³-hybridized carbons (Fsp3) is 0.136. The van der Waals surface area contributed by atoms with Gasteiger partial charge in [0.25, 0.3) is 5.91 Å². The minimum absolute atomic E-state index is 0.117. The number of carbonyl (C=O) groups is 2. The Morgan fingerprint density at radius 3 is 2.58 bits per heavy atom. The van der Waals surface area contributed by atoms with Crippen molar-refractivity contribution in [3.05, 3.63) is 75.8 Å². The molecule has 0 saturated heterocycles. The summed E-state index contributed by atoms with van der Waals surface area (Å²) in [5.74, 6) is -1.51. The van der Waals surface area contributed by atoms with E-state index in [4.69, 9.17) is 16.3 Å². The second kappa shape index (κ2) is 8.87. The number of nitrogens with one attached hydrogen (secondary N) is 1. The van der Waals surface area contributed by atoms with Crippen LogP contribution in [-0.4, -0.2) is 28.3 Å². The largest absolute Gasteiger partial charge is 0.451 e. The third-order valence-electron chi connectivity index (χ3n) is 4.64. The first kappa shape index (κ1) is 22.8. The number of hydrogen-bond acceptors (Lipinski definition) is 5. The van der Waals surface area contributed by atoms with Crippen molar-refractivity contribution in [3.63, 3.8) is 0 Å². The molecular formula is C22H15ClF3N3O3S. The lowest BCUT2D eigenvalue weighted by Gasteiger charge is -2.11. The summed E-state index contributed by atoms with van der Waals surface area (Å²) in [6.07, 6.45) is -4.67. The monoisotopic (exact) mass is 493 g/mol. The van der Waals surface area contributed by atoms with E-state index in [1.54, 1.807) is 10.7 Å². The summed E-state index contributed by atoms with van der Waals surface area (Å²) in [5.41, 5.74) is 0.364. The van der Waals surface area contributed by atoms with E-state index in [0.717, 1.165) is 39.0 Å². The first-order valence-corrected chi connectivity index (χ1v) is 10.7. The number of ether oxygens (including phenoxy) is 1. The minimum Gasteiger partial charge on any atom is -0.451 e. The van der Waals surface area contributed by atoms with E-state index in [-0.39, 0.29) is 10.6 Å². The van der Waals surface area contributed by atoms with Gasteiger partial charge in [-0.2, -0.15) is 18.3 Å². The number of aryl methyl sites for hydroxylation is 1. The molecule has 4 rings (SSSR count). The maximum absolute atomic E-state index is 13.0. The molecular weight excluding hydrogens is 479 g/mol. The zero-order valence-electron chi connectivity index (χ0n) is 16.9. The topological polar surface area (TPSA) is 73.2 Å². The maximum Gasteiger partial charge on any atom is 0.417 e. The van der Waals surface area contributed by atoms with Crippen LogP contribution in [0.2, 0.25) is 5.02 Å². The minimum atomic E-state index is -4.67. The van der Waals surface area contributed by atoms with Crippen LogP contribution in [0.15, 0.2) is 54.6 Å². The van der Waals surface area contributed by atoms with Gasteiger partial charge in [0.05, 0.1) is 22.0 Å². The van der Waals surface area contributed by atoms with Gasteiger partial charge < -0.3 is 10.1 Å². The second-order valence-corrected chi connectivity index (χ2v) is 8.42. The highest BCUT2D eigenvalue weighted by Gasteiger charge is 2.33. The number of esters is 1. The number of fused-ring (bicyclic) bond motifs is 1. The Balaban J connectivity index is 1.45. The number of benzene rings is 2. The molecule has 170 valence electrons. The number of para-hydroxylation sites is 1. The maximum atomic E-state index is 13.0. The number of amides is 1. The summed E-state index contributed by atoms with van der Waals surface area (Å²) < 4.78 is 45.7. The molecule has 11 heteroatoms. The molecule has 0 aliphatic heterocycles. The number of nitrogens with zero attached hydrogens (tertiary/aromatic N) is 2. The molecule has 2 heterocycles. The average Bonchev–Trinajstić information content (AvgIpc) is 3.34. The van der Waals surface area contributed by atoms with E-state index in [2.05, 4.69) is 10.4 Å². The molecule has 6 nitrogen and oxygen atoms in total. The Bertz CT molecular complexity index is 1350. The van der Waals surface area contributed by atoms with Crippen LogP contribution in [0.4, 0.5) is 18.9 Å². The molecule has 2 aromatic heterocycles. The second-order valence-electron chi connectivity index (χ2n) is 6.98. The molecule has 0 spiro atoms. The van der Waals surface area contributed by atoms with Gasteiger partial charge in [-0.05, 0) is 43.3 Å². The predicted octanol–water partition coefficient (Wildman–Crippen LogP) is 5.86. The lowest BCUT2D eigenvalue weighted by molar-refractivity contribution is -0.137. The van der Waals surface area contributed by atoms with E-state index in [9.17, 15) is 22.8 Å².